The molecule has 0 saturated carbocycles. The Morgan fingerprint density at radius 3 is 2.21 bits per heavy atom. The fraction of sp³-hybridized carbons (Fsp3) is 0.286. The van der Waals surface area contributed by atoms with E-state index in [0.29, 0.717) is 16.4 Å². The molecule has 0 heterocycles. The maximum atomic E-state index is 12.7. The highest BCUT2D eigenvalue weighted by Gasteiger charge is 2.23. The number of nitrogens with one attached hydrogen (secondary N) is 3. The van der Waals surface area contributed by atoms with Crippen LogP contribution in [0.1, 0.15) is 29.8 Å². The average molecular weight is 400 g/mol. The number of thiocarbonyl (C=S) groups is 1. The lowest BCUT2D eigenvalue weighted by Crippen LogP contribution is -2.48. The van der Waals surface area contributed by atoms with E-state index in [1.54, 1.807) is 24.3 Å². The summed E-state index contributed by atoms with van der Waals surface area (Å²) in [5.41, 5.74) is 2.92. The van der Waals surface area contributed by atoms with Crippen molar-refractivity contribution in [3.05, 3.63) is 59.7 Å². The number of hydrogen-bond donors (Lipinski definition) is 3. The van der Waals surface area contributed by atoms with E-state index >= 15 is 0 Å². The summed E-state index contributed by atoms with van der Waals surface area (Å²) >= 11 is 5.35. The van der Waals surface area contributed by atoms with Crippen molar-refractivity contribution < 1.29 is 14.3 Å². The van der Waals surface area contributed by atoms with Crippen LogP contribution in [-0.4, -0.2) is 30.1 Å². The minimum Gasteiger partial charge on any atom is -0.465 e. The monoisotopic (exact) mass is 399 g/mol. The molecule has 3 N–H and O–H groups in total. The Balaban J connectivity index is 2.01. The van der Waals surface area contributed by atoms with Gasteiger partial charge in [0.1, 0.15) is 6.04 Å². The van der Waals surface area contributed by atoms with Crippen LogP contribution in [0.25, 0.3) is 0 Å². The van der Waals surface area contributed by atoms with Crippen LogP contribution >= 0.6 is 12.2 Å². The maximum Gasteiger partial charge on any atom is 0.337 e. The summed E-state index contributed by atoms with van der Waals surface area (Å²) in [5.74, 6) is -0.542. The van der Waals surface area contributed by atoms with Crippen molar-refractivity contribution in [2.75, 3.05) is 17.7 Å². The largest absolute Gasteiger partial charge is 0.465 e. The number of esters is 1. The van der Waals surface area contributed by atoms with E-state index in [1.165, 1.54) is 7.11 Å². The van der Waals surface area contributed by atoms with Crippen molar-refractivity contribution in [3.63, 3.8) is 0 Å². The van der Waals surface area contributed by atoms with E-state index in [9.17, 15) is 9.59 Å². The number of ether oxygens (including phenoxy) is 1. The molecule has 7 heteroatoms. The van der Waals surface area contributed by atoms with Gasteiger partial charge in [-0.1, -0.05) is 32.0 Å². The second kappa shape index (κ2) is 9.85. The molecule has 0 aliphatic heterocycles. The summed E-state index contributed by atoms with van der Waals surface area (Å²) in [6.45, 7) is 5.84. The number of anilines is 2. The van der Waals surface area contributed by atoms with Gasteiger partial charge in [-0.15, -0.1) is 0 Å². The topological polar surface area (TPSA) is 79.5 Å². The standard InChI is InChI=1S/C21H25N3O3S/c1-13(2)18(19(25)23-17-8-6-5-7-14(17)3)24-21(28)22-16-11-9-15(10-12-16)20(26)27-4/h5-13,18H,1-4H3,(H,23,25)(H2,22,24,28). The summed E-state index contributed by atoms with van der Waals surface area (Å²) in [6.07, 6.45) is 0. The van der Waals surface area contributed by atoms with Gasteiger partial charge in [-0.2, -0.15) is 0 Å². The van der Waals surface area contributed by atoms with Crippen LogP contribution < -0.4 is 16.0 Å². The molecule has 2 aromatic rings. The smallest absolute Gasteiger partial charge is 0.337 e. The molecule has 0 aliphatic rings. The minimum absolute atomic E-state index is 0.0190. The van der Waals surface area contributed by atoms with E-state index in [-0.39, 0.29) is 11.8 Å². The molecule has 0 radical (unpaired) electrons. The number of amides is 1. The van der Waals surface area contributed by atoms with Crippen molar-refractivity contribution in [1.29, 1.82) is 0 Å². The molecular weight excluding hydrogens is 374 g/mol. The Morgan fingerprint density at radius 2 is 1.64 bits per heavy atom. The van der Waals surface area contributed by atoms with Crippen LogP contribution in [-0.2, 0) is 9.53 Å². The number of benzene rings is 2. The van der Waals surface area contributed by atoms with Gasteiger partial charge in [0.05, 0.1) is 12.7 Å². The third kappa shape index (κ3) is 5.79. The van der Waals surface area contributed by atoms with Crippen LogP contribution in [0.4, 0.5) is 11.4 Å². The third-order valence-electron chi connectivity index (χ3n) is 4.20. The maximum absolute atomic E-state index is 12.7. The van der Waals surface area contributed by atoms with Gasteiger partial charge in [-0.05, 0) is 61.0 Å². The lowest BCUT2D eigenvalue weighted by Gasteiger charge is -2.24. The van der Waals surface area contributed by atoms with E-state index in [4.69, 9.17) is 12.2 Å². The van der Waals surface area contributed by atoms with E-state index < -0.39 is 12.0 Å². The van der Waals surface area contributed by atoms with Gasteiger partial charge in [-0.3, -0.25) is 4.79 Å². The summed E-state index contributed by atoms with van der Waals surface area (Å²) in [6, 6.07) is 13.8. The van der Waals surface area contributed by atoms with Crippen LogP contribution in [0.5, 0.6) is 0 Å². The SMILES string of the molecule is COC(=O)c1ccc(NC(=S)NC(C(=O)Nc2ccccc2C)C(C)C)cc1. The Bertz CT molecular complexity index is 850. The number of carbonyl (C=O) groups excluding carboxylic acids is 2. The van der Waals surface area contributed by atoms with E-state index in [1.807, 2.05) is 45.0 Å². The average Bonchev–Trinajstić information content (AvgIpc) is 2.67. The van der Waals surface area contributed by atoms with Crippen LogP contribution in [0, 0.1) is 12.8 Å². The van der Waals surface area contributed by atoms with Crippen LogP contribution in [0.3, 0.4) is 0 Å². The number of para-hydroxylation sites is 1. The van der Waals surface area contributed by atoms with E-state index in [2.05, 4.69) is 20.7 Å². The Hall–Kier alpha value is -2.93. The summed E-state index contributed by atoms with van der Waals surface area (Å²) in [5, 5.41) is 9.37. The normalized spacial score (nSPS) is 11.5. The first-order valence-electron chi connectivity index (χ1n) is 8.94. The number of rotatable bonds is 6. The highest BCUT2D eigenvalue weighted by Crippen LogP contribution is 2.15. The Kier molecular flexibility index (Phi) is 7.52. The summed E-state index contributed by atoms with van der Waals surface area (Å²) in [4.78, 5) is 24.2. The first kappa shape index (κ1) is 21.4. The van der Waals surface area contributed by atoms with Crippen molar-refractivity contribution in [3.8, 4) is 0 Å². The molecule has 2 aromatic carbocycles. The predicted molar refractivity (Wildman–Crippen MR) is 116 cm³/mol. The highest BCUT2D eigenvalue weighted by molar-refractivity contribution is 7.80. The zero-order chi connectivity index (χ0) is 20.7. The van der Waals surface area contributed by atoms with Gasteiger partial charge < -0.3 is 20.7 Å². The fourth-order valence-electron chi connectivity index (χ4n) is 2.57. The van der Waals surface area contributed by atoms with E-state index in [0.717, 1.165) is 11.3 Å². The Labute approximate surface area is 170 Å². The molecule has 0 aliphatic carbocycles. The molecule has 0 spiro atoms. The van der Waals surface area contributed by atoms with Crippen molar-refractivity contribution in [2.24, 2.45) is 5.92 Å². The second-order valence-corrected chi connectivity index (χ2v) is 7.10. The van der Waals surface area contributed by atoms with Crippen molar-refractivity contribution in [2.45, 2.75) is 26.8 Å². The highest BCUT2D eigenvalue weighted by atomic mass is 32.1. The first-order chi connectivity index (χ1) is 13.3. The molecule has 28 heavy (non-hydrogen) atoms. The lowest BCUT2D eigenvalue weighted by molar-refractivity contribution is -0.118. The molecule has 0 aromatic heterocycles. The summed E-state index contributed by atoms with van der Waals surface area (Å²) < 4.78 is 4.68. The van der Waals surface area contributed by atoms with Crippen LogP contribution in [0.15, 0.2) is 48.5 Å². The van der Waals surface area contributed by atoms with Crippen molar-refractivity contribution >= 4 is 40.6 Å². The number of methoxy groups -OCH3 is 1. The fourth-order valence-corrected chi connectivity index (χ4v) is 2.82. The third-order valence-corrected chi connectivity index (χ3v) is 4.42. The molecule has 1 unspecified atom stereocenters. The molecule has 1 atom stereocenters. The van der Waals surface area contributed by atoms with Crippen LogP contribution in [0.2, 0.25) is 0 Å². The molecule has 6 nitrogen and oxygen atoms in total. The van der Waals surface area contributed by atoms with Gasteiger partial charge in [0, 0.05) is 11.4 Å². The van der Waals surface area contributed by atoms with Gasteiger partial charge in [-0.25, -0.2) is 4.79 Å². The predicted octanol–water partition coefficient (Wildman–Crippen LogP) is 3.73. The molecule has 0 saturated heterocycles. The second-order valence-electron chi connectivity index (χ2n) is 6.69. The zero-order valence-electron chi connectivity index (χ0n) is 16.4. The van der Waals surface area contributed by atoms with Gasteiger partial charge in [0.2, 0.25) is 5.91 Å². The van der Waals surface area contributed by atoms with Gasteiger partial charge in [0.25, 0.3) is 0 Å². The number of hydrogen-bond acceptors (Lipinski definition) is 4. The number of carbonyl (C=O) groups is 2. The summed E-state index contributed by atoms with van der Waals surface area (Å²) in [7, 11) is 1.33. The molecule has 0 fully saturated rings. The molecule has 148 valence electrons. The minimum atomic E-state index is -0.506. The van der Waals surface area contributed by atoms with Crippen molar-refractivity contribution in [1.82, 2.24) is 5.32 Å². The zero-order valence-corrected chi connectivity index (χ0v) is 17.2. The van der Waals surface area contributed by atoms with Gasteiger partial charge in [0.15, 0.2) is 5.11 Å². The molecule has 1 amide bonds. The van der Waals surface area contributed by atoms with Gasteiger partial charge >= 0.3 is 5.97 Å². The lowest BCUT2D eigenvalue weighted by atomic mass is 10.0. The number of aryl methyl sites for hydroxylation is 1. The quantitative estimate of drug-likeness (QED) is 0.507. The first-order valence-corrected chi connectivity index (χ1v) is 9.35. The molecular formula is C21H25N3O3S. The Morgan fingerprint density at radius 1 is 1.00 bits per heavy atom. The molecule has 2 rings (SSSR count). The molecule has 0 bridgehead atoms.